The normalized spacial score (nSPS) is 15.1. The molecule has 1 aliphatic heterocycles. The molecule has 0 aromatic heterocycles. The van der Waals surface area contributed by atoms with E-state index in [0.29, 0.717) is 36.7 Å². The molecule has 1 fully saturated rings. The third kappa shape index (κ3) is 4.79. The number of hydrogen-bond donors (Lipinski definition) is 1. The van der Waals surface area contributed by atoms with Crippen LogP contribution < -0.4 is 10.1 Å². The molecule has 2 aromatic rings. The Kier molecular flexibility index (Phi) is 6.59. The monoisotopic (exact) mass is 416 g/mol. The van der Waals surface area contributed by atoms with Crippen molar-refractivity contribution in [3.63, 3.8) is 0 Å². The van der Waals surface area contributed by atoms with Gasteiger partial charge in [-0.2, -0.15) is 4.31 Å². The van der Waals surface area contributed by atoms with Crippen LogP contribution in [0.3, 0.4) is 0 Å². The number of piperidine rings is 1. The van der Waals surface area contributed by atoms with Crippen LogP contribution in [0, 0.1) is 13.8 Å². The van der Waals surface area contributed by atoms with Crippen LogP contribution in [0.25, 0.3) is 0 Å². The molecule has 1 aliphatic rings. The summed E-state index contributed by atoms with van der Waals surface area (Å²) in [7, 11) is -3.61. The van der Waals surface area contributed by atoms with Crippen LogP contribution in [0.1, 0.15) is 47.7 Å². The van der Waals surface area contributed by atoms with E-state index >= 15 is 0 Å². The highest BCUT2D eigenvalue weighted by Gasteiger charge is 2.27. The van der Waals surface area contributed by atoms with Gasteiger partial charge >= 0.3 is 0 Å². The Morgan fingerprint density at radius 2 is 1.79 bits per heavy atom. The molecule has 7 heteroatoms. The second kappa shape index (κ2) is 8.97. The number of benzene rings is 2. The van der Waals surface area contributed by atoms with Crippen molar-refractivity contribution < 1.29 is 17.9 Å². The lowest BCUT2D eigenvalue weighted by molar-refractivity contribution is 0.102. The van der Waals surface area contributed by atoms with E-state index in [-0.39, 0.29) is 10.8 Å². The van der Waals surface area contributed by atoms with Gasteiger partial charge in [0.25, 0.3) is 5.91 Å². The summed E-state index contributed by atoms with van der Waals surface area (Å²) in [6.45, 7) is 7.10. The average molecular weight is 417 g/mol. The number of ether oxygens (including phenoxy) is 1. The number of carbonyl (C=O) groups excluding carboxylic acids is 1. The van der Waals surface area contributed by atoms with E-state index in [1.807, 2.05) is 39.0 Å². The van der Waals surface area contributed by atoms with Crippen LogP contribution in [0.5, 0.6) is 5.75 Å². The molecule has 1 saturated heterocycles. The van der Waals surface area contributed by atoms with Crippen LogP contribution in [0.15, 0.2) is 41.3 Å². The van der Waals surface area contributed by atoms with Gasteiger partial charge in [-0.3, -0.25) is 4.79 Å². The molecule has 0 aliphatic carbocycles. The summed E-state index contributed by atoms with van der Waals surface area (Å²) in [5, 5.41) is 2.85. The van der Waals surface area contributed by atoms with Gasteiger partial charge in [0.15, 0.2) is 0 Å². The summed E-state index contributed by atoms with van der Waals surface area (Å²) in [4.78, 5) is 13.0. The SMILES string of the molecule is CCOc1ccc(S(=O)(=O)N2CCCCC2)cc1NC(=O)c1cc(C)ccc1C. The Bertz CT molecular complexity index is 996. The summed E-state index contributed by atoms with van der Waals surface area (Å²) in [5.41, 5.74) is 2.74. The minimum Gasteiger partial charge on any atom is -0.492 e. The summed E-state index contributed by atoms with van der Waals surface area (Å²) >= 11 is 0. The molecular formula is C22H28N2O4S. The maximum Gasteiger partial charge on any atom is 0.256 e. The lowest BCUT2D eigenvalue weighted by atomic mass is 10.0. The third-order valence-electron chi connectivity index (χ3n) is 5.09. The highest BCUT2D eigenvalue weighted by Crippen LogP contribution is 2.31. The molecule has 1 N–H and O–H groups in total. The predicted molar refractivity (Wildman–Crippen MR) is 114 cm³/mol. The lowest BCUT2D eigenvalue weighted by Gasteiger charge is -2.26. The van der Waals surface area contributed by atoms with Crippen LogP contribution in [0.2, 0.25) is 0 Å². The molecular weight excluding hydrogens is 388 g/mol. The first-order valence-corrected chi connectivity index (χ1v) is 11.4. The van der Waals surface area contributed by atoms with Gasteiger partial charge in [0.2, 0.25) is 10.0 Å². The van der Waals surface area contributed by atoms with Crippen molar-refractivity contribution in [2.45, 2.75) is 44.9 Å². The van der Waals surface area contributed by atoms with E-state index in [9.17, 15) is 13.2 Å². The Hall–Kier alpha value is -2.38. The molecule has 2 aromatic carbocycles. The largest absolute Gasteiger partial charge is 0.492 e. The van der Waals surface area contributed by atoms with Crippen molar-refractivity contribution in [3.8, 4) is 5.75 Å². The molecule has 0 unspecified atom stereocenters. The molecule has 0 radical (unpaired) electrons. The summed E-state index contributed by atoms with van der Waals surface area (Å²) < 4.78 is 33.2. The number of nitrogens with one attached hydrogen (secondary N) is 1. The molecule has 3 rings (SSSR count). The van der Waals surface area contributed by atoms with Crippen molar-refractivity contribution in [3.05, 3.63) is 53.1 Å². The lowest BCUT2D eigenvalue weighted by Crippen LogP contribution is -2.35. The quantitative estimate of drug-likeness (QED) is 0.768. The van der Waals surface area contributed by atoms with Gasteiger partial charge in [-0.05, 0) is 63.4 Å². The number of aryl methyl sites for hydroxylation is 2. The second-order valence-electron chi connectivity index (χ2n) is 7.33. The van der Waals surface area contributed by atoms with Gasteiger partial charge in [0.1, 0.15) is 5.75 Å². The van der Waals surface area contributed by atoms with Crippen LogP contribution in [-0.4, -0.2) is 38.3 Å². The van der Waals surface area contributed by atoms with E-state index in [1.165, 1.54) is 10.4 Å². The fourth-order valence-electron chi connectivity index (χ4n) is 3.47. The van der Waals surface area contributed by atoms with E-state index in [4.69, 9.17) is 4.74 Å². The Morgan fingerprint density at radius 1 is 1.07 bits per heavy atom. The Balaban J connectivity index is 1.95. The smallest absolute Gasteiger partial charge is 0.256 e. The van der Waals surface area contributed by atoms with Gasteiger partial charge in [0.05, 0.1) is 17.2 Å². The zero-order chi connectivity index (χ0) is 21.0. The number of amides is 1. The number of sulfonamides is 1. The number of nitrogens with zero attached hydrogens (tertiary/aromatic N) is 1. The highest BCUT2D eigenvalue weighted by molar-refractivity contribution is 7.89. The number of carbonyl (C=O) groups is 1. The molecule has 0 spiro atoms. The molecule has 0 atom stereocenters. The predicted octanol–water partition coefficient (Wildman–Crippen LogP) is 4.13. The van der Waals surface area contributed by atoms with Gasteiger partial charge in [-0.15, -0.1) is 0 Å². The topological polar surface area (TPSA) is 75.7 Å². The first kappa shape index (κ1) is 21.3. The van der Waals surface area contributed by atoms with Crippen LogP contribution >= 0.6 is 0 Å². The molecule has 6 nitrogen and oxygen atoms in total. The van der Waals surface area contributed by atoms with Crippen molar-refractivity contribution >= 4 is 21.6 Å². The first-order chi connectivity index (χ1) is 13.8. The molecule has 0 saturated carbocycles. The zero-order valence-corrected chi connectivity index (χ0v) is 18.0. The van der Waals surface area contributed by atoms with Gasteiger partial charge in [-0.25, -0.2) is 8.42 Å². The van der Waals surface area contributed by atoms with Crippen molar-refractivity contribution in [1.29, 1.82) is 0 Å². The van der Waals surface area contributed by atoms with Crippen molar-refractivity contribution in [2.24, 2.45) is 0 Å². The van der Waals surface area contributed by atoms with Crippen LogP contribution in [-0.2, 0) is 10.0 Å². The summed E-state index contributed by atoms with van der Waals surface area (Å²) in [6.07, 6.45) is 2.78. The fourth-order valence-corrected chi connectivity index (χ4v) is 5.02. The number of hydrogen-bond acceptors (Lipinski definition) is 4. The fraction of sp³-hybridized carbons (Fsp3) is 0.409. The third-order valence-corrected chi connectivity index (χ3v) is 6.98. The Morgan fingerprint density at radius 3 is 2.48 bits per heavy atom. The van der Waals surface area contributed by atoms with Gasteiger partial charge < -0.3 is 10.1 Å². The maximum absolute atomic E-state index is 13.0. The standard InChI is InChI=1S/C22H28N2O4S/c1-4-28-21-11-10-18(29(26,27)24-12-6-5-7-13-24)15-20(21)23-22(25)19-14-16(2)8-9-17(19)3/h8-11,14-15H,4-7,12-13H2,1-3H3,(H,23,25). The molecule has 29 heavy (non-hydrogen) atoms. The molecule has 1 amide bonds. The second-order valence-corrected chi connectivity index (χ2v) is 9.27. The minimum absolute atomic E-state index is 0.166. The summed E-state index contributed by atoms with van der Waals surface area (Å²) in [6, 6.07) is 10.3. The van der Waals surface area contributed by atoms with Crippen molar-refractivity contribution in [2.75, 3.05) is 25.0 Å². The molecule has 0 bridgehead atoms. The van der Waals surface area contributed by atoms with Gasteiger partial charge in [-0.1, -0.05) is 24.1 Å². The maximum atomic E-state index is 13.0. The minimum atomic E-state index is -3.61. The zero-order valence-electron chi connectivity index (χ0n) is 17.2. The average Bonchev–Trinajstić information content (AvgIpc) is 2.71. The summed E-state index contributed by atoms with van der Waals surface area (Å²) in [5.74, 6) is 0.156. The van der Waals surface area contributed by atoms with Crippen molar-refractivity contribution in [1.82, 2.24) is 4.31 Å². The number of anilines is 1. The highest BCUT2D eigenvalue weighted by atomic mass is 32.2. The van der Waals surface area contributed by atoms with E-state index in [1.54, 1.807) is 12.1 Å². The molecule has 1 heterocycles. The molecule has 156 valence electrons. The van der Waals surface area contributed by atoms with E-state index in [0.717, 1.165) is 30.4 Å². The number of rotatable bonds is 6. The van der Waals surface area contributed by atoms with Gasteiger partial charge in [0, 0.05) is 18.7 Å². The Labute approximate surface area is 172 Å². The van der Waals surface area contributed by atoms with Crippen LogP contribution in [0.4, 0.5) is 5.69 Å². The van der Waals surface area contributed by atoms with E-state index in [2.05, 4.69) is 5.32 Å². The first-order valence-electron chi connectivity index (χ1n) is 9.98. The van der Waals surface area contributed by atoms with E-state index < -0.39 is 10.0 Å².